The van der Waals surface area contributed by atoms with Gasteiger partial charge < -0.3 is 9.47 Å². The summed E-state index contributed by atoms with van der Waals surface area (Å²) >= 11 is 0. The predicted octanol–water partition coefficient (Wildman–Crippen LogP) is 3.17. The van der Waals surface area contributed by atoms with Crippen molar-refractivity contribution in [1.29, 1.82) is 0 Å². The lowest BCUT2D eigenvalue weighted by Gasteiger charge is -2.04. The Labute approximate surface area is 153 Å². The average molecular weight is 366 g/mol. The number of hydrogen-bond acceptors (Lipinski definition) is 7. The lowest BCUT2D eigenvalue weighted by Crippen LogP contribution is -2.08. The van der Waals surface area contributed by atoms with E-state index in [1.807, 2.05) is 0 Å². The van der Waals surface area contributed by atoms with Crippen LogP contribution < -0.4 is 4.74 Å². The molecular weight excluding hydrogens is 352 g/mol. The van der Waals surface area contributed by atoms with Gasteiger partial charge >= 0.3 is 11.9 Å². The summed E-state index contributed by atoms with van der Waals surface area (Å²) in [4.78, 5) is 37.8. The van der Waals surface area contributed by atoms with E-state index >= 15 is 0 Å². The van der Waals surface area contributed by atoms with Crippen molar-refractivity contribution in [3.8, 4) is 5.75 Å². The summed E-state index contributed by atoms with van der Waals surface area (Å²) in [5.74, 6) is -0.680. The summed E-state index contributed by atoms with van der Waals surface area (Å²) in [6.45, 7) is 2.87. The number of nitro groups is 1. The van der Waals surface area contributed by atoms with Crippen molar-refractivity contribution < 1.29 is 24.0 Å². The van der Waals surface area contributed by atoms with E-state index in [4.69, 9.17) is 9.47 Å². The second-order valence-electron chi connectivity index (χ2n) is 5.71. The lowest BCUT2D eigenvalue weighted by atomic mass is 10.1. The Morgan fingerprint density at radius 1 is 1.22 bits per heavy atom. The first-order valence-corrected chi connectivity index (χ1v) is 7.90. The minimum Gasteiger partial charge on any atom is -0.427 e. The molecule has 0 atom stereocenters. The van der Waals surface area contributed by atoms with Crippen molar-refractivity contribution in [3.05, 3.63) is 75.0 Å². The molecule has 0 unspecified atom stereocenters. The number of cyclic esters (lactones) is 1. The first-order valence-electron chi connectivity index (χ1n) is 7.90. The van der Waals surface area contributed by atoms with Crippen LogP contribution in [0, 0.1) is 17.0 Å². The monoisotopic (exact) mass is 366 g/mol. The van der Waals surface area contributed by atoms with Gasteiger partial charge in [-0.2, -0.15) is 0 Å². The number of carbonyl (C=O) groups is 2. The number of carbonyl (C=O) groups excluding carboxylic acids is 2. The number of rotatable bonds is 4. The van der Waals surface area contributed by atoms with Crippen LogP contribution >= 0.6 is 0 Å². The smallest absolute Gasteiger partial charge is 0.363 e. The van der Waals surface area contributed by atoms with Crippen LogP contribution in [0.1, 0.15) is 23.6 Å². The molecule has 0 aliphatic carbocycles. The fraction of sp³-hybridized carbons (Fsp3) is 0.105. The maximum atomic E-state index is 12.1. The van der Waals surface area contributed by atoms with Gasteiger partial charge in [0.2, 0.25) is 5.90 Å². The zero-order chi connectivity index (χ0) is 19.6. The van der Waals surface area contributed by atoms with Crippen LogP contribution in [0.25, 0.3) is 6.08 Å². The molecule has 1 heterocycles. The molecular formula is C19H14N2O6. The molecule has 136 valence electrons. The zero-order valence-corrected chi connectivity index (χ0v) is 14.5. The summed E-state index contributed by atoms with van der Waals surface area (Å²) in [7, 11) is 0. The van der Waals surface area contributed by atoms with Gasteiger partial charge in [-0.05, 0) is 36.8 Å². The number of ether oxygens (including phenoxy) is 2. The Hall–Kier alpha value is -3.81. The van der Waals surface area contributed by atoms with Gasteiger partial charge in [0.05, 0.1) is 4.92 Å². The highest BCUT2D eigenvalue weighted by molar-refractivity contribution is 6.13. The SMILES string of the molecule is CC(=O)Oc1ccc(/C=C2\N=C(c3cccc([N+](=O)[O-])c3C)OC2=O)cc1. The molecule has 3 rings (SSSR count). The van der Waals surface area contributed by atoms with Crippen LogP contribution in [-0.2, 0) is 14.3 Å². The molecule has 0 fully saturated rings. The van der Waals surface area contributed by atoms with E-state index in [1.165, 1.54) is 25.1 Å². The molecule has 1 aliphatic heterocycles. The highest BCUT2D eigenvalue weighted by atomic mass is 16.6. The lowest BCUT2D eigenvalue weighted by molar-refractivity contribution is -0.385. The summed E-state index contributed by atoms with van der Waals surface area (Å²) in [5.41, 5.74) is 1.38. The number of nitro benzene ring substituents is 1. The van der Waals surface area contributed by atoms with Crippen molar-refractivity contribution in [2.24, 2.45) is 4.99 Å². The number of aliphatic imine (C=N–C) groups is 1. The Morgan fingerprint density at radius 3 is 2.56 bits per heavy atom. The van der Waals surface area contributed by atoms with Crippen molar-refractivity contribution in [2.75, 3.05) is 0 Å². The van der Waals surface area contributed by atoms with Crippen molar-refractivity contribution in [1.82, 2.24) is 0 Å². The Bertz CT molecular complexity index is 1010. The molecule has 0 spiro atoms. The van der Waals surface area contributed by atoms with Crippen LogP contribution in [0.4, 0.5) is 5.69 Å². The van der Waals surface area contributed by atoms with Gasteiger partial charge in [-0.1, -0.05) is 18.2 Å². The number of nitrogens with zero attached hydrogens (tertiary/aromatic N) is 2. The maximum absolute atomic E-state index is 12.1. The fourth-order valence-electron chi connectivity index (χ4n) is 2.53. The van der Waals surface area contributed by atoms with E-state index in [-0.39, 0.29) is 17.3 Å². The Balaban J connectivity index is 1.90. The Morgan fingerprint density at radius 2 is 1.93 bits per heavy atom. The van der Waals surface area contributed by atoms with E-state index in [0.29, 0.717) is 22.4 Å². The van der Waals surface area contributed by atoms with E-state index in [2.05, 4.69) is 4.99 Å². The topological polar surface area (TPSA) is 108 Å². The van der Waals surface area contributed by atoms with Crippen molar-refractivity contribution in [2.45, 2.75) is 13.8 Å². The van der Waals surface area contributed by atoms with Crippen molar-refractivity contribution in [3.63, 3.8) is 0 Å². The van der Waals surface area contributed by atoms with Gasteiger partial charge in [0.15, 0.2) is 5.70 Å². The molecule has 2 aromatic rings. The highest BCUT2D eigenvalue weighted by Gasteiger charge is 2.27. The van der Waals surface area contributed by atoms with E-state index in [0.717, 1.165) is 0 Å². The normalized spacial score (nSPS) is 14.7. The number of hydrogen-bond donors (Lipinski definition) is 0. The van der Waals surface area contributed by atoms with Gasteiger partial charge in [-0.25, -0.2) is 9.79 Å². The molecule has 27 heavy (non-hydrogen) atoms. The Kier molecular flexibility index (Phi) is 4.80. The average Bonchev–Trinajstić information content (AvgIpc) is 2.96. The summed E-state index contributed by atoms with van der Waals surface area (Å²) in [6.07, 6.45) is 1.51. The maximum Gasteiger partial charge on any atom is 0.363 e. The summed E-state index contributed by atoms with van der Waals surface area (Å²) in [6, 6.07) is 11.0. The van der Waals surface area contributed by atoms with Gasteiger partial charge in [0.1, 0.15) is 5.75 Å². The van der Waals surface area contributed by atoms with E-state index in [1.54, 1.807) is 37.3 Å². The van der Waals surface area contributed by atoms with Crippen molar-refractivity contribution >= 4 is 29.6 Å². The molecule has 0 saturated heterocycles. The van der Waals surface area contributed by atoms with E-state index < -0.39 is 16.9 Å². The molecule has 0 aromatic heterocycles. The molecule has 0 bridgehead atoms. The molecule has 8 heteroatoms. The fourth-order valence-corrected chi connectivity index (χ4v) is 2.53. The molecule has 8 nitrogen and oxygen atoms in total. The van der Waals surface area contributed by atoms with Crippen LogP contribution in [0.3, 0.4) is 0 Å². The van der Waals surface area contributed by atoms with Gasteiger partial charge in [-0.3, -0.25) is 14.9 Å². The zero-order valence-electron chi connectivity index (χ0n) is 14.5. The third-order valence-electron chi connectivity index (χ3n) is 3.80. The second-order valence-corrected chi connectivity index (χ2v) is 5.71. The van der Waals surface area contributed by atoms with Gasteiger partial charge in [-0.15, -0.1) is 0 Å². The minimum atomic E-state index is -0.653. The van der Waals surface area contributed by atoms with Crippen LogP contribution in [0.5, 0.6) is 5.75 Å². The molecule has 0 amide bonds. The largest absolute Gasteiger partial charge is 0.427 e. The van der Waals surface area contributed by atoms with Crippen LogP contribution in [0.2, 0.25) is 0 Å². The summed E-state index contributed by atoms with van der Waals surface area (Å²) in [5, 5.41) is 11.1. The first kappa shape index (κ1) is 18.0. The molecule has 0 saturated carbocycles. The third kappa shape index (κ3) is 3.90. The predicted molar refractivity (Wildman–Crippen MR) is 96.2 cm³/mol. The molecule has 0 N–H and O–H groups in total. The third-order valence-corrected chi connectivity index (χ3v) is 3.80. The van der Waals surface area contributed by atoms with Crippen LogP contribution in [-0.4, -0.2) is 22.8 Å². The molecule has 0 radical (unpaired) electrons. The highest BCUT2D eigenvalue weighted by Crippen LogP contribution is 2.26. The van der Waals surface area contributed by atoms with Gasteiger partial charge in [0, 0.05) is 24.1 Å². The van der Waals surface area contributed by atoms with Crippen LogP contribution in [0.15, 0.2) is 53.2 Å². The molecule has 1 aliphatic rings. The first-order chi connectivity index (χ1) is 12.8. The molecule has 2 aromatic carbocycles. The quantitative estimate of drug-likeness (QED) is 0.270. The second kappa shape index (κ2) is 7.20. The number of esters is 2. The summed E-state index contributed by atoms with van der Waals surface area (Å²) < 4.78 is 10.1. The standard InChI is InChI=1S/C19H14N2O6/c1-11-15(4-3-5-17(11)21(24)25)18-20-16(19(23)27-18)10-13-6-8-14(9-7-13)26-12(2)22/h3-10H,1-2H3/b16-10-. The number of benzene rings is 2. The van der Waals surface area contributed by atoms with E-state index in [9.17, 15) is 19.7 Å². The van der Waals surface area contributed by atoms with Gasteiger partial charge in [0.25, 0.3) is 5.69 Å². The minimum absolute atomic E-state index is 0.0176.